The van der Waals surface area contributed by atoms with E-state index in [4.69, 9.17) is 0 Å². The van der Waals surface area contributed by atoms with Gasteiger partial charge >= 0.3 is 6.18 Å². The van der Waals surface area contributed by atoms with Crippen LogP contribution in [0.1, 0.15) is 11.1 Å². The number of carbonyl (C=O) groups excluding carboxylic acids is 2. The zero-order chi connectivity index (χ0) is 20.9. The van der Waals surface area contributed by atoms with Crippen LogP contribution in [-0.2, 0) is 22.2 Å². The summed E-state index contributed by atoms with van der Waals surface area (Å²) in [6.07, 6.45) is -4.47. The molecule has 2 amide bonds. The predicted molar refractivity (Wildman–Crippen MR) is 104 cm³/mol. The van der Waals surface area contributed by atoms with Crippen molar-refractivity contribution in [3.8, 4) is 0 Å². The van der Waals surface area contributed by atoms with Gasteiger partial charge in [-0.2, -0.15) is 13.2 Å². The van der Waals surface area contributed by atoms with E-state index >= 15 is 0 Å². The summed E-state index contributed by atoms with van der Waals surface area (Å²) >= 11 is 0. The van der Waals surface area contributed by atoms with Gasteiger partial charge in [0.1, 0.15) is 0 Å². The molecule has 3 aromatic rings. The number of benzene rings is 3. The summed E-state index contributed by atoms with van der Waals surface area (Å²) in [5, 5.41) is 4.41. The molecule has 3 aromatic carbocycles. The highest BCUT2D eigenvalue weighted by atomic mass is 19.4. The second-order valence-electron chi connectivity index (χ2n) is 6.31. The molecule has 5 nitrogen and oxygen atoms in total. The maximum Gasteiger partial charge on any atom is 0.418 e. The average Bonchev–Trinajstić information content (AvgIpc) is 2.70. The van der Waals surface area contributed by atoms with Gasteiger partial charge in [0.2, 0.25) is 5.91 Å². The molecule has 0 bridgehead atoms. The van der Waals surface area contributed by atoms with Crippen molar-refractivity contribution in [1.82, 2.24) is 10.7 Å². The zero-order valence-corrected chi connectivity index (χ0v) is 15.2. The van der Waals surface area contributed by atoms with Crippen LogP contribution in [0.15, 0.2) is 66.7 Å². The van der Waals surface area contributed by atoms with Gasteiger partial charge in [0.15, 0.2) is 0 Å². The van der Waals surface area contributed by atoms with Crippen molar-refractivity contribution in [1.29, 1.82) is 0 Å². The average molecular weight is 401 g/mol. The van der Waals surface area contributed by atoms with E-state index in [0.717, 1.165) is 22.4 Å². The lowest BCUT2D eigenvalue weighted by Gasteiger charge is -2.15. The molecule has 0 unspecified atom stereocenters. The minimum absolute atomic E-state index is 0.0823. The minimum Gasteiger partial charge on any atom is -0.347 e. The number of halogens is 3. The van der Waals surface area contributed by atoms with Crippen LogP contribution < -0.4 is 16.2 Å². The number of anilines is 1. The fourth-order valence-corrected chi connectivity index (χ4v) is 2.88. The lowest BCUT2D eigenvalue weighted by Crippen LogP contribution is -2.40. The maximum atomic E-state index is 12.9. The van der Waals surface area contributed by atoms with E-state index in [1.807, 2.05) is 42.5 Å². The Kier molecular flexibility index (Phi) is 6.01. The van der Waals surface area contributed by atoms with Gasteiger partial charge in [0.05, 0.1) is 24.2 Å². The van der Waals surface area contributed by atoms with Gasteiger partial charge in [-0.1, -0.05) is 54.6 Å². The highest BCUT2D eigenvalue weighted by molar-refractivity contribution is 5.91. The first-order valence-corrected chi connectivity index (χ1v) is 8.79. The largest absolute Gasteiger partial charge is 0.418 e. The molecule has 0 aliphatic rings. The lowest BCUT2D eigenvalue weighted by molar-refractivity contribution is -0.137. The molecule has 0 heterocycles. The molecule has 0 atom stereocenters. The van der Waals surface area contributed by atoms with Crippen molar-refractivity contribution >= 4 is 28.3 Å². The van der Waals surface area contributed by atoms with Crippen LogP contribution in [0, 0.1) is 0 Å². The van der Waals surface area contributed by atoms with E-state index in [1.54, 1.807) is 0 Å². The first-order valence-electron chi connectivity index (χ1n) is 8.79. The highest BCUT2D eigenvalue weighted by Crippen LogP contribution is 2.34. The number of rotatable bonds is 6. The minimum atomic E-state index is -4.55. The fraction of sp³-hybridized carbons (Fsp3) is 0.143. The highest BCUT2D eigenvalue weighted by Gasteiger charge is 2.33. The van der Waals surface area contributed by atoms with Gasteiger partial charge in [-0.15, -0.1) is 0 Å². The number of hydrogen-bond donors (Lipinski definition) is 3. The summed E-state index contributed by atoms with van der Waals surface area (Å²) < 4.78 is 38.8. The third kappa shape index (κ3) is 5.25. The molecule has 0 aromatic heterocycles. The number of fused-ring (bicyclic) bond motifs is 1. The molecule has 3 rings (SSSR count). The molecular weight excluding hydrogens is 383 g/mol. The number of hydrazine groups is 1. The summed E-state index contributed by atoms with van der Waals surface area (Å²) in [5.74, 6) is -1.04. The first-order chi connectivity index (χ1) is 13.8. The molecule has 29 heavy (non-hydrogen) atoms. The second kappa shape index (κ2) is 8.64. The van der Waals surface area contributed by atoms with Gasteiger partial charge in [-0.3, -0.25) is 20.4 Å². The Morgan fingerprint density at radius 2 is 1.52 bits per heavy atom. The summed E-state index contributed by atoms with van der Waals surface area (Å²) in [6, 6.07) is 18.0. The molecular formula is C21H18F3N3O2. The van der Waals surface area contributed by atoms with Crippen LogP contribution in [-0.4, -0.2) is 18.4 Å². The quantitative estimate of drug-likeness (QED) is 0.552. The molecule has 0 radical (unpaired) electrons. The Balaban J connectivity index is 1.53. The van der Waals surface area contributed by atoms with Crippen LogP contribution in [0.25, 0.3) is 10.8 Å². The van der Waals surface area contributed by atoms with Crippen molar-refractivity contribution in [2.24, 2.45) is 0 Å². The van der Waals surface area contributed by atoms with E-state index in [1.165, 1.54) is 18.2 Å². The molecule has 0 aliphatic carbocycles. The monoisotopic (exact) mass is 401 g/mol. The number of nitrogens with one attached hydrogen (secondary N) is 3. The maximum absolute atomic E-state index is 12.9. The Labute approximate surface area is 164 Å². The van der Waals surface area contributed by atoms with Crippen molar-refractivity contribution in [3.63, 3.8) is 0 Å². The van der Waals surface area contributed by atoms with Crippen LogP contribution >= 0.6 is 0 Å². The Hall–Kier alpha value is -3.55. The third-order valence-electron chi connectivity index (χ3n) is 4.25. The first kappa shape index (κ1) is 20.2. The molecule has 0 fully saturated rings. The summed E-state index contributed by atoms with van der Waals surface area (Å²) in [5.41, 5.74) is 4.04. The Morgan fingerprint density at radius 3 is 2.31 bits per heavy atom. The SMILES string of the molecule is O=C(Cc1cccc2ccccc12)NCC(=O)NNc1ccccc1C(F)(F)F. The smallest absolute Gasteiger partial charge is 0.347 e. The Morgan fingerprint density at radius 1 is 0.828 bits per heavy atom. The summed E-state index contributed by atoms with van der Waals surface area (Å²) in [6.45, 7) is -0.370. The van der Waals surface area contributed by atoms with Crippen molar-refractivity contribution in [2.45, 2.75) is 12.6 Å². The van der Waals surface area contributed by atoms with Crippen molar-refractivity contribution < 1.29 is 22.8 Å². The number of amides is 2. The van der Waals surface area contributed by atoms with Crippen molar-refractivity contribution in [2.75, 3.05) is 12.0 Å². The van der Waals surface area contributed by atoms with Crippen molar-refractivity contribution in [3.05, 3.63) is 77.9 Å². The van der Waals surface area contributed by atoms with Gasteiger partial charge in [0, 0.05) is 0 Å². The molecule has 150 valence electrons. The summed E-state index contributed by atoms with van der Waals surface area (Å²) in [4.78, 5) is 24.0. The second-order valence-corrected chi connectivity index (χ2v) is 6.31. The fourth-order valence-electron chi connectivity index (χ4n) is 2.88. The predicted octanol–water partition coefficient (Wildman–Crippen LogP) is 3.66. The van der Waals surface area contributed by atoms with Crippen LogP contribution in [0.4, 0.5) is 18.9 Å². The van der Waals surface area contributed by atoms with E-state index in [9.17, 15) is 22.8 Å². The number of para-hydroxylation sites is 1. The molecule has 0 aliphatic heterocycles. The van der Waals surface area contributed by atoms with E-state index in [-0.39, 0.29) is 24.6 Å². The van der Waals surface area contributed by atoms with Crippen LogP contribution in [0.3, 0.4) is 0 Å². The van der Waals surface area contributed by atoms with Gasteiger partial charge in [-0.25, -0.2) is 0 Å². The lowest BCUT2D eigenvalue weighted by atomic mass is 10.0. The topological polar surface area (TPSA) is 70.2 Å². The molecule has 0 spiro atoms. The third-order valence-corrected chi connectivity index (χ3v) is 4.25. The van der Waals surface area contributed by atoms with Gasteiger partial charge in [-0.05, 0) is 28.5 Å². The zero-order valence-electron chi connectivity index (χ0n) is 15.2. The number of hydrogen-bond acceptors (Lipinski definition) is 3. The molecule has 8 heteroatoms. The van der Waals surface area contributed by atoms with E-state index in [2.05, 4.69) is 16.2 Å². The van der Waals surface area contributed by atoms with Gasteiger partial charge in [0.25, 0.3) is 5.91 Å². The Bertz CT molecular complexity index is 1030. The standard InChI is InChI=1S/C21H18F3N3O2/c22-21(23,24)17-10-3-4-11-18(17)26-27-20(29)13-25-19(28)12-15-8-5-7-14-6-1-2-9-16(14)15/h1-11,26H,12-13H2,(H,25,28)(H,27,29). The number of carbonyl (C=O) groups is 2. The van der Waals surface area contributed by atoms with E-state index in [0.29, 0.717) is 0 Å². The molecule has 3 N–H and O–H groups in total. The summed E-state index contributed by atoms with van der Waals surface area (Å²) in [7, 11) is 0. The van der Waals surface area contributed by atoms with Crippen LogP contribution in [0.2, 0.25) is 0 Å². The number of alkyl halides is 3. The van der Waals surface area contributed by atoms with Gasteiger partial charge < -0.3 is 5.32 Å². The normalized spacial score (nSPS) is 11.1. The molecule has 0 saturated heterocycles. The molecule has 0 saturated carbocycles. The van der Waals surface area contributed by atoms with E-state index < -0.39 is 17.6 Å². The van der Waals surface area contributed by atoms with Crippen LogP contribution in [0.5, 0.6) is 0 Å².